The van der Waals surface area contributed by atoms with E-state index in [1.165, 1.54) is 6.07 Å². The summed E-state index contributed by atoms with van der Waals surface area (Å²) in [5.41, 5.74) is 6.83. The van der Waals surface area contributed by atoms with Gasteiger partial charge in [0.05, 0.1) is 16.3 Å². The minimum atomic E-state index is -0.812. The van der Waals surface area contributed by atoms with Crippen LogP contribution < -0.4 is 11.1 Å². The number of nitrogens with two attached hydrogens (primary N) is 1. The summed E-state index contributed by atoms with van der Waals surface area (Å²) in [6.45, 7) is 1.35. The molecule has 23 heavy (non-hydrogen) atoms. The Labute approximate surface area is 137 Å². The largest absolute Gasteiger partial charge is 0.452 e. The summed E-state index contributed by atoms with van der Waals surface area (Å²) >= 11 is 5.99. The van der Waals surface area contributed by atoms with Crippen molar-refractivity contribution in [3.05, 3.63) is 58.4 Å². The molecule has 0 aliphatic rings. The molecular formula is C16H14ClFN2O3. The van der Waals surface area contributed by atoms with E-state index in [0.717, 1.165) is 17.7 Å². The average Bonchev–Trinajstić information content (AvgIpc) is 2.48. The van der Waals surface area contributed by atoms with Crippen molar-refractivity contribution in [3.63, 3.8) is 0 Å². The summed E-state index contributed by atoms with van der Waals surface area (Å²) in [6.07, 6.45) is 0. The third-order valence-electron chi connectivity index (χ3n) is 2.97. The van der Waals surface area contributed by atoms with E-state index in [-0.39, 0.29) is 11.3 Å². The number of anilines is 2. The summed E-state index contributed by atoms with van der Waals surface area (Å²) in [4.78, 5) is 23.6. The number of carbonyl (C=O) groups excluding carboxylic acids is 2. The van der Waals surface area contributed by atoms with E-state index in [4.69, 9.17) is 22.1 Å². The second-order valence-electron chi connectivity index (χ2n) is 4.84. The molecule has 0 saturated carbocycles. The number of nitrogen functional groups attached to an aromatic ring is 1. The van der Waals surface area contributed by atoms with Gasteiger partial charge in [-0.25, -0.2) is 9.18 Å². The number of hydrogen-bond acceptors (Lipinski definition) is 4. The highest BCUT2D eigenvalue weighted by Gasteiger charge is 2.14. The van der Waals surface area contributed by atoms with Gasteiger partial charge in [-0.1, -0.05) is 17.7 Å². The number of carbonyl (C=O) groups is 2. The molecule has 2 aromatic rings. The molecule has 2 aromatic carbocycles. The van der Waals surface area contributed by atoms with E-state index in [9.17, 15) is 14.0 Å². The van der Waals surface area contributed by atoms with E-state index in [2.05, 4.69) is 5.32 Å². The van der Waals surface area contributed by atoms with Gasteiger partial charge in [0, 0.05) is 5.69 Å². The van der Waals surface area contributed by atoms with Crippen LogP contribution in [0.5, 0.6) is 0 Å². The van der Waals surface area contributed by atoms with Gasteiger partial charge in [-0.3, -0.25) is 4.79 Å². The summed E-state index contributed by atoms with van der Waals surface area (Å²) < 4.78 is 17.8. The molecule has 0 aromatic heterocycles. The summed E-state index contributed by atoms with van der Waals surface area (Å²) in [6, 6.07) is 8.41. The molecule has 5 nitrogen and oxygen atoms in total. The van der Waals surface area contributed by atoms with Crippen molar-refractivity contribution in [2.24, 2.45) is 0 Å². The minimum Gasteiger partial charge on any atom is -0.452 e. The molecular weight excluding hydrogens is 323 g/mol. The topological polar surface area (TPSA) is 81.4 Å². The fraction of sp³-hybridized carbons (Fsp3) is 0.125. The van der Waals surface area contributed by atoms with E-state index >= 15 is 0 Å². The number of esters is 1. The van der Waals surface area contributed by atoms with Crippen molar-refractivity contribution in [2.45, 2.75) is 6.92 Å². The van der Waals surface area contributed by atoms with Crippen molar-refractivity contribution in [3.8, 4) is 0 Å². The van der Waals surface area contributed by atoms with Crippen LogP contribution in [0.1, 0.15) is 15.9 Å². The highest BCUT2D eigenvalue weighted by molar-refractivity contribution is 6.33. The van der Waals surface area contributed by atoms with Crippen molar-refractivity contribution in [1.29, 1.82) is 0 Å². The number of hydrogen-bond donors (Lipinski definition) is 2. The van der Waals surface area contributed by atoms with Gasteiger partial charge in [-0.15, -0.1) is 0 Å². The van der Waals surface area contributed by atoms with Crippen molar-refractivity contribution < 1.29 is 18.7 Å². The van der Waals surface area contributed by atoms with Gasteiger partial charge in [-0.05, 0) is 42.8 Å². The molecule has 0 spiro atoms. The summed E-state index contributed by atoms with van der Waals surface area (Å²) in [5, 5.41) is 2.91. The predicted octanol–water partition coefficient (Wildman–Crippen LogP) is 3.17. The molecule has 0 atom stereocenters. The molecule has 0 fully saturated rings. The molecule has 120 valence electrons. The molecule has 2 rings (SSSR count). The Balaban J connectivity index is 1.94. The third-order valence-corrected chi connectivity index (χ3v) is 3.28. The van der Waals surface area contributed by atoms with Crippen LogP contribution in [0.15, 0.2) is 36.4 Å². The smallest absolute Gasteiger partial charge is 0.340 e. The van der Waals surface area contributed by atoms with Crippen molar-refractivity contribution >= 4 is 34.9 Å². The zero-order valence-electron chi connectivity index (χ0n) is 12.2. The maximum Gasteiger partial charge on any atom is 0.340 e. The third kappa shape index (κ3) is 4.43. The molecule has 0 unspecified atom stereocenters. The normalized spacial score (nSPS) is 10.2. The van der Waals surface area contributed by atoms with Gasteiger partial charge in [0.15, 0.2) is 6.61 Å². The lowest BCUT2D eigenvalue weighted by molar-refractivity contribution is -0.119. The van der Waals surface area contributed by atoms with Crippen LogP contribution >= 0.6 is 11.6 Å². The van der Waals surface area contributed by atoms with E-state index < -0.39 is 24.3 Å². The summed E-state index contributed by atoms with van der Waals surface area (Å²) in [7, 11) is 0. The fourth-order valence-electron chi connectivity index (χ4n) is 1.84. The average molecular weight is 337 g/mol. The lowest BCUT2D eigenvalue weighted by Crippen LogP contribution is -2.21. The predicted molar refractivity (Wildman–Crippen MR) is 85.9 cm³/mol. The summed E-state index contributed by atoms with van der Waals surface area (Å²) in [5.74, 6) is -1.93. The first-order chi connectivity index (χ1) is 10.9. The highest BCUT2D eigenvalue weighted by Crippen LogP contribution is 2.22. The van der Waals surface area contributed by atoms with Crippen LogP contribution in [0.3, 0.4) is 0 Å². The van der Waals surface area contributed by atoms with Gasteiger partial charge >= 0.3 is 5.97 Å². The maximum absolute atomic E-state index is 12.9. The van der Waals surface area contributed by atoms with E-state index in [1.54, 1.807) is 18.2 Å². The number of nitrogens with one attached hydrogen (secondary N) is 1. The monoisotopic (exact) mass is 336 g/mol. The molecule has 0 aliphatic carbocycles. The van der Waals surface area contributed by atoms with Gasteiger partial charge in [-0.2, -0.15) is 0 Å². The maximum atomic E-state index is 12.9. The van der Waals surface area contributed by atoms with Crippen LogP contribution in [0.2, 0.25) is 5.02 Å². The standard InChI is InChI=1S/C16H14ClFN2O3/c1-9-2-5-14(12(17)6-9)20-15(21)8-23-16(22)11-4-3-10(18)7-13(11)19/h2-7H,8,19H2,1H3,(H,20,21). The number of amides is 1. The Hall–Kier alpha value is -2.60. The van der Waals surface area contributed by atoms with Gasteiger partial charge in [0.25, 0.3) is 5.91 Å². The molecule has 0 radical (unpaired) electrons. The van der Waals surface area contributed by atoms with E-state index in [0.29, 0.717) is 10.7 Å². The first kappa shape index (κ1) is 16.8. The van der Waals surface area contributed by atoms with Crippen LogP contribution in [0.25, 0.3) is 0 Å². The lowest BCUT2D eigenvalue weighted by Gasteiger charge is -2.09. The van der Waals surface area contributed by atoms with Crippen molar-refractivity contribution in [2.75, 3.05) is 17.7 Å². The molecule has 7 heteroatoms. The zero-order valence-corrected chi connectivity index (χ0v) is 13.0. The van der Waals surface area contributed by atoms with E-state index in [1.807, 2.05) is 6.92 Å². The number of rotatable bonds is 4. The number of benzene rings is 2. The zero-order chi connectivity index (χ0) is 17.0. The number of halogens is 2. The van der Waals surface area contributed by atoms with Gasteiger partial charge in [0.2, 0.25) is 0 Å². The van der Waals surface area contributed by atoms with Gasteiger partial charge < -0.3 is 15.8 Å². The molecule has 1 amide bonds. The van der Waals surface area contributed by atoms with Crippen LogP contribution in [-0.2, 0) is 9.53 Å². The quantitative estimate of drug-likeness (QED) is 0.663. The first-order valence-electron chi connectivity index (χ1n) is 6.65. The van der Waals surface area contributed by atoms with Gasteiger partial charge in [0.1, 0.15) is 5.82 Å². The number of ether oxygens (including phenoxy) is 1. The lowest BCUT2D eigenvalue weighted by atomic mass is 10.2. The Morgan fingerprint density at radius 2 is 2.00 bits per heavy atom. The minimum absolute atomic E-state index is 0.00688. The van der Waals surface area contributed by atoms with Crippen LogP contribution in [0.4, 0.5) is 15.8 Å². The van der Waals surface area contributed by atoms with Crippen LogP contribution in [-0.4, -0.2) is 18.5 Å². The highest BCUT2D eigenvalue weighted by atomic mass is 35.5. The van der Waals surface area contributed by atoms with Crippen LogP contribution in [0, 0.1) is 12.7 Å². The molecule has 0 saturated heterocycles. The molecule has 0 aliphatic heterocycles. The molecule has 0 bridgehead atoms. The fourth-order valence-corrected chi connectivity index (χ4v) is 2.12. The molecule has 0 heterocycles. The Bertz CT molecular complexity index is 765. The SMILES string of the molecule is Cc1ccc(NC(=O)COC(=O)c2ccc(F)cc2N)c(Cl)c1. The Morgan fingerprint density at radius 3 is 2.65 bits per heavy atom. The first-order valence-corrected chi connectivity index (χ1v) is 7.03. The molecule has 3 N–H and O–H groups in total. The number of aryl methyl sites for hydroxylation is 1. The Morgan fingerprint density at radius 1 is 1.26 bits per heavy atom. The second kappa shape index (κ2) is 7.11. The Kier molecular flexibility index (Phi) is 5.18. The van der Waals surface area contributed by atoms with Crippen molar-refractivity contribution in [1.82, 2.24) is 0 Å². The second-order valence-corrected chi connectivity index (χ2v) is 5.25.